The first-order valence-electron chi connectivity index (χ1n) is 6.36. The van der Waals surface area contributed by atoms with Crippen molar-refractivity contribution in [1.29, 1.82) is 0 Å². The standard InChI is InChI=1S/C14H18BrNO2S/c1-10-7-16(8-11(2)18-10)14(17)9-19-13-5-3-12(15)4-6-13/h3-6,10-11H,7-9H2,1-2H3/t10-,11-/m0/s1. The second-order valence-electron chi connectivity index (χ2n) is 4.80. The van der Waals surface area contributed by atoms with Gasteiger partial charge in [0.15, 0.2) is 0 Å². The van der Waals surface area contributed by atoms with Crippen LogP contribution in [0.2, 0.25) is 0 Å². The molecule has 19 heavy (non-hydrogen) atoms. The van der Waals surface area contributed by atoms with Gasteiger partial charge in [-0.15, -0.1) is 11.8 Å². The lowest BCUT2D eigenvalue weighted by molar-refractivity contribution is -0.140. The average Bonchev–Trinajstić information content (AvgIpc) is 2.36. The molecule has 5 heteroatoms. The fourth-order valence-electron chi connectivity index (χ4n) is 2.15. The van der Waals surface area contributed by atoms with Crippen LogP contribution in [0.25, 0.3) is 0 Å². The highest BCUT2D eigenvalue weighted by molar-refractivity contribution is 9.10. The van der Waals surface area contributed by atoms with E-state index in [-0.39, 0.29) is 18.1 Å². The third-order valence-electron chi connectivity index (χ3n) is 2.95. The van der Waals surface area contributed by atoms with Crippen LogP contribution in [0.1, 0.15) is 13.8 Å². The lowest BCUT2D eigenvalue weighted by Crippen LogP contribution is -2.48. The van der Waals surface area contributed by atoms with Gasteiger partial charge in [-0.3, -0.25) is 4.79 Å². The molecule has 1 heterocycles. The molecule has 2 atom stereocenters. The number of hydrogen-bond donors (Lipinski definition) is 0. The number of amides is 1. The largest absolute Gasteiger partial charge is 0.372 e. The predicted octanol–water partition coefficient (Wildman–Crippen LogP) is 3.18. The molecular formula is C14H18BrNO2S. The van der Waals surface area contributed by atoms with Gasteiger partial charge in [0.1, 0.15) is 0 Å². The number of nitrogens with zero attached hydrogens (tertiary/aromatic N) is 1. The number of thioether (sulfide) groups is 1. The van der Waals surface area contributed by atoms with E-state index in [4.69, 9.17) is 4.74 Å². The SMILES string of the molecule is C[C@H]1CN(C(=O)CSc2ccc(Br)cc2)C[C@H](C)O1. The van der Waals surface area contributed by atoms with Gasteiger partial charge in [-0.2, -0.15) is 0 Å². The second kappa shape index (κ2) is 6.77. The zero-order valence-corrected chi connectivity index (χ0v) is 13.5. The Morgan fingerprint density at radius 2 is 1.89 bits per heavy atom. The van der Waals surface area contributed by atoms with E-state index in [0.29, 0.717) is 18.8 Å². The minimum absolute atomic E-state index is 0.130. The third kappa shape index (κ3) is 4.51. The maximum Gasteiger partial charge on any atom is 0.233 e. The van der Waals surface area contributed by atoms with Gasteiger partial charge in [0.25, 0.3) is 0 Å². The van der Waals surface area contributed by atoms with Gasteiger partial charge in [0.2, 0.25) is 5.91 Å². The molecule has 1 aliphatic rings. The summed E-state index contributed by atoms with van der Waals surface area (Å²) in [6.07, 6.45) is 0.260. The zero-order valence-electron chi connectivity index (χ0n) is 11.1. The number of hydrogen-bond acceptors (Lipinski definition) is 3. The molecule has 104 valence electrons. The highest BCUT2D eigenvalue weighted by atomic mass is 79.9. The van der Waals surface area contributed by atoms with Crippen molar-refractivity contribution in [2.24, 2.45) is 0 Å². The monoisotopic (exact) mass is 343 g/mol. The fraction of sp³-hybridized carbons (Fsp3) is 0.500. The van der Waals surface area contributed by atoms with Crippen LogP contribution in [-0.2, 0) is 9.53 Å². The lowest BCUT2D eigenvalue weighted by atomic mass is 10.2. The Bertz CT molecular complexity index is 428. The number of halogens is 1. The molecular weight excluding hydrogens is 326 g/mol. The van der Waals surface area contributed by atoms with Crippen molar-refractivity contribution >= 4 is 33.6 Å². The number of ether oxygens (including phenoxy) is 1. The van der Waals surface area contributed by atoms with Crippen LogP contribution in [0, 0.1) is 0 Å². The predicted molar refractivity (Wildman–Crippen MR) is 81.5 cm³/mol. The van der Waals surface area contributed by atoms with Crippen molar-refractivity contribution in [3.63, 3.8) is 0 Å². The number of benzene rings is 1. The molecule has 0 radical (unpaired) electrons. The summed E-state index contributed by atoms with van der Waals surface area (Å²) in [5, 5.41) is 0. The fourth-order valence-corrected chi connectivity index (χ4v) is 3.21. The van der Waals surface area contributed by atoms with Crippen LogP contribution >= 0.6 is 27.7 Å². The van der Waals surface area contributed by atoms with Crippen molar-refractivity contribution in [2.45, 2.75) is 31.0 Å². The number of morpholine rings is 1. The second-order valence-corrected chi connectivity index (χ2v) is 6.76. The quantitative estimate of drug-likeness (QED) is 0.789. The van der Waals surface area contributed by atoms with E-state index < -0.39 is 0 Å². The summed E-state index contributed by atoms with van der Waals surface area (Å²) in [6, 6.07) is 8.02. The Hall–Kier alpha value is -0.520. The van der Waals surface area contributed by atoms with Crippen LogP contribution in [-0.4, -0.2) is 41.9 Å². The van der Waals surface area contributed by atoms with Crippen LogP contribution in [0.15, 0.2) is 33.6 Å². The molecule has 1 saturated heterocycles. The molecule has 1 aliphatic heterocycles. The minimum Gasteiger partial charge on any atom is -0.372 e. The average molecular weight is 344 g/mol. The van der Waals surface area contributed by atoms with Gasteiger partial charge in [0, 0.05) is 22.5 Å². The zero-order chi connectivity index (χ0) is 13.8. The molecule has 2 rings (SSSR count). The number of carbonyl (C=O) groups is 1. The Labute approximate surface area is 126 Å². The van der Waals surface area contributed by atoms with Crippen LogP contribution in [0.4, 0.5) is 0 Å². The van der Waals surface area contributed by atoms with Crippen molar-refractivity contribution in [1.82, 2.24) is 4.90 Å². The van der Waals surface area contributed by atoms with E-state index in [1.165, 1.54) is 0 Å². The molecule has 0 N–H and O–H groups in total. The summed E-state index contributed by atoms with van der Waals surface area (Å²) in [5.74, 6) is 0.677. The van der Waals surface area contributed by atoms with E-state index in [9.17, 15) is 4.79 Å². The molecule has 0 saturated carbocycles. The van der Waals surface area contributed by atoms with Gasteiger partial charge < -0.3 is 9.64 Å². The van der Waals surface area contributed by atoms with Gasteiger partial charge in [-0.25, -0.2) is 0 Å². The Balaban J connectivity index is 1.85. The summed E-state index contributed by atoms with van der Waals surface area (Å²) >= 11 is 4.98. The topological polar surface area (TPSA) is 29.5 Å². The Morgan fingerprint density at radius 3 is 2.47 bits per heavy atom. The lowest BCUT2D eigenvalue weighted by Gasteiger charge is -2.35. The smallest absolute Gasteiger partial charge is 0.233 e. The van der Waals surface area contributed by atoms with Crippen molar-refractivity contribution in [3.05, 3.63) is 28.7 Å². The molecule has 0 aromatic heterocycles. The van der Waals surface area contributed by atoms with Gasteiger partial charge in [0.05, 0.1) is 18.0 Å². The molecule has 0 unspecified atom stereocenters. The van der Waals surface area contributed by atoms with E-state index in [2.05, 4.69) is 15.9 Å². The van der Waals surface area contributed by atoms with Gasteiger partial charge in [-0.05, 0) is 38.1 Å². The molecule has 1 aromatic rings. The summed E-state index contributed by atoms with van der Waals surface area (Å²) < 4.78 is 6.69. The molecule has 1 fully saturated rings. The number of rotatable bonds is 3. The molecule has 3 nitrogen and oxygen atoms in total. The van der Waals surface area contributed by atoms with Crippen molar-refractivity contribution < 1.29 is 9.53 Å². The maximum atomic E-state index is 12.2. The first-order chi connectivity index (χ1) is 9.04. The first kappa shape index (κ1) is 14.9. The van der Waals surface area contributed by atoms with Gasteiger partial charge in [-0.1, -0.05) is 15.9 Å². The highest BCUT2D eigenvalue weighted by Crippen LogP contribution is 2.21. The normalized spacial score (nSPS) is 23.4. The highest BCUT2D eigenvalue weighted by Gasteiger charge is 2.25. The molecule has 1 aromatic carbocycles. The van der Waals surface area contributed by atoms with E-state index in [1.54, 1.807) is 11.8 Å². The summed E-state index contributed by atoms with van der Waals surface area (Å²) in [6.45, 7) is 5.42. The van der Waals surface area contributed by atoms with E-state index in [0.717, 1.165) is 9.37 Å². The van der Waals surface area contributed by atoms with Crippen LogP contribution in [0.5, 0.6) is 0 Å². The van der Waals surface area contributed by atoms with Crippen LogP contribution in [0.3, 0.4) is 0 Å². The Kier molecular flexibility index (Phi) is 5.30. The van der Waals surface area contributed by atoms with Crippen molar-refractivity contribution in [2.75, 3.05) is 18.8 Å². The Morgan fingerprint density at radius 1 is 1.32 bits per heavy atom. The molecule has 0 aliphatic carbocycles. The van der Waals surface area contributed by atoms with Crippen molar-refractivity contribution in [3.8, 4) is 0 Å². The van der Waals surface area contributed by atoms with Gasteiger partial charge >= 0.3 is 0 Å². The molecule has 1 amide bonds. The molecule has 0 bridgehead atoms. The third-order valence-corrected chi connectivity index (χ3v) is 4.47. The first-order valence-corrected chi connectivity index (χ1v) is 8.14. The minimum atomic E-state index is 0.130. The number of carbonyl (C=O) groups excluding carboxylic acids is 1. The van der Waals surface area contributed by atoms with E-state index >= 15 is 0 Å². The maximum absolute atomic E-state index is 12.2. The summed E-state index contributed by atoms with van der Waals surface area (Å²) in [5.41, 5.74) is 0. The summed E-state index contributed by atoms with van der Waals surface area (Å²) in [7, 11) is 0. The molecule has 0 spiro atoms. The van der Waals surface area contributed by atoms with Crippen LogP contribution < -0.4 is 0 Å². The van der Waals surface area contributed by atoms with E-state index in [1.807, 2.05) is 43.0 Å². The summed E-state index contributed by atoms with van der Waals surface area (Å²) in [4.78, 5) is 15.2.